The van der Waals surface area contributed by atoms with Gasteiger partial charge in [-0.3, -0.25) is 9.59 Å². The molecule has 1 aromatic rings. The van der Waals surface area contributed by atoms with Crippen molar-refractivity contribution in [2.24, 2.45) is 11.8 Å². The van der Waals surface area contributed by atoms with Gasteiger partial charge in [0.1, 0.15) is 0 Å². The summed E-state index contributed by atoms with van der Waals surface area (Å²) < 4.78 is 0. The summed E-state index contributed by atoms with van der Waals surface area (Å²) in [5, 5.41) is 11.8. The summed E-state index contributed by atoms with van der Waals surface area (Å²) in [5.74, 6) is -1.83. The van der Waals surface area contributed by atoms with E-state index >= 15 is 0 Å². The van der Waals surface area contributed by atoms with Crippen molar-refractivity contribution in [2.45, 2.75) is 45.1 Å². The summed E-state index contributed by atoms with van der Waals surface area (Å²) in [6, 6.07) is 6.38. The second-order valence-electron chi connectivity index (χ2n) is 6.25. The van der Waals surface area contributed by atoms with E-state index in [1.165, 1.54) is 24.0 Å². The minimum absolute atomic E-state index is 0.0697. The van der Waals surface area contributed by atoms with Crippen molar-refractivity contribution in [3.05, 3.63) is 34.9 Å². The van der Waals surface area contributed by atoms with Gasteiger partial charge in [0, 0.05) is 0 Å². The molecule has 0 saturated heterocycles. The molecule has 4 heteroatoms. The molecule has 0 aliphatic heterocycles. The number of benzene rings is 1. The molecule has 3 unspecified atom stereocenters. The fourth-order valence-corrected chi connectivity index (χ4v) is 3.18. The van der Waals surface area contributed by atoms with Crippen LogP contribution in [0.1, 0.15) is 48.9 Å². The van der Waals surface area contributed by atoms with Gasteiger partial charge in [0.25, 0.3) is 0 Å². The molecule has 3 atom stereocenters. The second kappa shape index (κ2) is 5.51. The molecule has 2 aliphatic rings. The molecule has 1 aromatic carbocycles. The van der Waals surface area contributed by atoms with Crippen LogP contribution in [-0.2, 0) is 22.4 Å². The summed E-state index contributed by atoms with van der Waals surface area (Å²) in [6.07, 6.45) is 5.24. The van der Waals surface area contributed by atoms with Gasteiger partial charge in [0.15, 0.2) is 0 Å². The molecular formula is C17H21NO3. The summed E-state index contributed by atoms with van der Waals surface area (Å²) >= 11 is 0. The van der Waals surface area contributed by atoms with Crippen LogP contribution < -0.4 is 5.32 Å². The molecule has 0 aromatic heterocycles. The number of carbonyl (C=O) groups excluding carboxylic acids is 1. The van der Waals surface area contributed by atoms with E-state index < -0.39 is 11.9 Å². The van der Waals surface area contributed by atoms with Gasteiger partial charge in [0.05, 0.1) is 17.9 Å². The van der Waals surface area contributed by atoms with Crippen LogP contribution in [0.5, 0.6) is 0 Å². The summed E-state index contributed by atoms with van der Waals surface area (Å²) in [4.78, 5) is 22.8. The summed E-state index contributed by atoms with van der Waals surface area (Å²) in [5.41, 5.74) is 3.93. The summed E-state index contributed by atoms with van der Waals surface area (Å²) in [6.45, 7) is 1.96. The van der Waals surface area contributed by atoms with Gasteiger partial charge >= 0.3 is 5.97 Å². The zero-order chi connectivity index (χ0) is 15.0. The molecular weight excluding hydrogens is 266 g/mol. The SMILES string of the molecule is CC(NC(=O)C1CC1C(=O)O)c1ccc2c(c1)CCCC2. The fourth-order valence-electron chi connectivity index (χ4n) is 3.18. The zero-order valence-corrected chi connectivity index (χ0v) is 12.3. The molecule has 1 amide bonds. The number of carbonyl (C=O) groups is 2. The van der Waals surface area contributed by atoms with Crippen LogP contribution >= 0.6 is 0 Å². The third kappa shape index (κ3) is 2.94. The molecule has 2 aliphatic carbocycles. The Morgan fingerprint density at radius 2 is 1.90 bits per heavy atom. The molecule has 0 heterocycles. The predicted molar refractivity (Wildman–Crippen MR) is 78.9 cm³/mol. The van der Waals surface area contributed by atoms with Crippen molar-refractivity contribution in [1.29, 1.82) is 0 Å². The Morgan fingerprint density at radius 1 is 1.19 bits per heavy atom. The Hall–Kier alpha value is -1.84. The number of amides is 1. The van der Waals surface area contributed by atoms with Gasteiger partial charge in [-0.1, -0.05) is 18.2 Å². The highest BCUT2D eigenvalue weighted by atomic mass is 16.4. The lowest BCUT2D eigenvalue weighted by Gasteiger charge is -2.20. The molecule has 1 saturated carbocycles. The number of aryl methyl sites for hydroxylation is 2. The quantitative estimate of drug-likeness (QED) is 0.894. The average Bonchev–Trinajstić information content (AvgIpc) is 3.27. The minimum atomic E-state index is -0.864. The van der Waals surface area contributed by atoms with E-state index in [0.717, 1.165) is 18.4 Å². The van der Waals surface area contributed by atoms with Crippen LogP contribution in [0.3, 0.4) is 0 Å². The predicted octanol–water partition coefficient (Wildman–Crippen LogP) is 2.46. The highest BCUT2D eigenvalue weighted by Crippen LogP contribution is 2.39. The van der Waals surface area contributed by atoms with Crippen LogP contribution in [0.25, 0.3) is 0 Å². The molecule has 3 rings (SSSR count). The maximum Gasteiger partial charge on any atom is 0.307 e. The number of nitrogens with one attached hydrogen (secondary N) is 1. The van der Waals surface area contributed by atoms with Crippen molar-refractivity contribution in [2.75, 3.05) is 0 Å². The lowest BCUT2D eigenvalue weighted by molar-refractivity contribution is -0.140. The molecule has 21 heavy (non-hydrogen) atoms. The van der Waals surface area contributed by atoms with Crippen molar-refractivity contribution in [3.8, 4) is 0 Å². The Balaban J connectivity index is 1.64. The Bertz CT molecular complexity index is 581. The van der Waals surface area contributed by atoms with E-state index in [-0.39, 0.29) is 17.9 Å². The first-order valence-corrected chi connectivity index (χ1v) is 7.71. The lowest BCUT2D eigenvalue weighted by Crippen LogP contribution is -2.29. The van der Waals surface area contributed by atoms with E-state index in [2.05, 4.69) is 23.5 Å². The molecule has 1 fully saturated rings. The molecule has 0 bridgehead atoms. The van der Waals surface area contributed by atoms with Gasteiger partial charge in [-0.25, -0.2) is 0 Å². The minimum Gasteiger partial charge on any atom is -0.481 e. The van der Waals surface area contributed by atoms with Crippen molar-refractivity contribution < 1.29 is 14.7 Å². The van der Waals surface area contributed by atoms with Gasteiger partial charge in [0.2, 0.25) is 5.91 Å². The topological polar surface area (TPSA) is 66.4 Å². The van der Waals surface area contributed by atoms with E-state index in [0.29, 0.717) is 6.42 Å². The highest BCUT2D eigenvalue weighted by molar-refractivity contribution is 5.89. The van der Waals surface area contributed by atoms with E-state index in [4.69, 9.17) is 5.11 Å². The molecule has 2 N–H and O–H groups in total. The third-order valence-corrected chi connectivity index (χ3v) is 4.68. The van der Waals surface area contributed by atoms with Crippen LogP contribution in [0.4, 0.5) is 0 Å². The van der Waals surface area contributed by atoms with Gasteiger partial charge in [-0.2, -0.15) is 0 Å². The van der Waals surface area contributed by atoms with Gasteiger partial charge in [-0.05, 0) is 55.7 Å². The van der Waals surface area contributed by atoms with E-state index in [1.54, 1.807) is 0 Å². The molecule has 0 radical (unpaired) electrons. The standard InChI is InChI=1S/C17H21NO3/c1-10(18-16(19)14-9-15(14)17(20)21)12-7-6-11-4-2-3-5-13(11)8-12/h6-8,10,14-15H,2-5,9H2,1H3,(H,18,19)(H,20,21). The average molecular weight is 287 g/mol. The van der Waals surface area contributed by atoms with Crippen molar-refractivity contribution >= 4 is 11.9 Å². The summed E-state index contributed by atoms with van der Waals surface area (Å²) in [7, 11) is 0. The number of fused-ring (bicyclic) bond motifs is 1. The van der Waals surface area contributed by atoms with Crippen molar-refractivity contribution in [3.63, 3.8) is 0 Å². The van der Waals surface area contributed by atoms with E-state index in [9.17, 15) is 9.59 Å². The van der Waals surface area contributed by atoms with Crippen LogP contribution in [0.2, 0.25) is 0 Å². The van der Waals surface area contributed by atoms with Crippen LogP contribution in [0.15, 0.2) is 18.2 Å². The number of carboxylic acids is 1. The maximum atomic E-state index is 12.0. The lowest BCUT2D eigenvalue weighted by atomic mass is 9.89. The van der Waals surface area contributed by atoms with Crippen LogP contribution in [0, 0.1) is 11.8 Å². The normalized spacial score (nSPS) is 24.8. The smallest absolute Gasteiger partial charge is 0.307 e. The zero-order valence-electron chi connectivity index (χ0n) is 12.3. The fraction of sp³-hybridized carbons (Fsp3) is 0.529. The number of carboxylic acid groups (broad SMARTS) is 1. The number of hydrogen-bond donors (Lipinski definition) is 2. The molecule has 4 nitrogen and oxygen atoms in total. The third-order valence-electron chi connectivity index (χ3n) is 4.68. The second-order valence-corrected chi connectivity index (χ2v) is 6.25. The number of aliphatic carboxylic acids is 1. The Labute approximate surface area is 124 Å². The largest absolute Gasteiger partial charge is 0.481 e. The van der Waals surface area contributed by atoms with Crippen molar-refractivity contribution in [1.82, 2.24) is 5.32 Å². The van der Waals surface area contributed by atoms with Crippen LogP contribution in [-0.4, -0.2) is 17.0 Å². The number of rotatable bonds is 4. The first-order valence-electron chi connectivity index (χ1n) is 7.71. The highest BCUT2D eigenvalue weighted by Gasteiger charge is 2.48. The molecule has 0 spiro atoms. The van der Waals surface area contributed by atoms with E-state index in [1.807, 2.05) is 6.92 Å². The van der Waals surface area contributed by atoms with Gasteiger partial charge < -0.3 is 10.4 Å². The monoisotopic (exact) mass is 287 g/mol. The maximum absolute atomic E-state index is 12.0. The first kappa shape index (κ1) is 14.1. The van der Waals surface area contributed by atoms with Gasteiger partial charge in [-0.15, -0.1) is 0 Å². The number of hydrogen-bond acceptors (Lipinski definition) is 2. The first-order chi connectivity index (χ1) is 10.1. The Morgan fingerprint density at radius 3 is 2.57 bits per heavy atom. The Kier molecular flexibility index (Phi) is 3.70. The molecule has 112 valence electrons.